The van der Waals surface area contributed by atoms with E-state index in [2.05, 4.69) is 0 Å². The zero-order valence-corrected chi connectivity index (χ0v) is 24.3. The van der Waals surface area contributed by atoms with Crippen LogP contribution in [0.15, 0.2) is 97.1 Å². The molecule has 0 unspecified atom stereocenters. The van der Waals surface area contributed by atoms with Crippen LogP contribution < -0.4 is 43.5 Å². The average Bonchev–Trinajstić information content (AvgIpc) is 2.92. The molecule has 0 amide bonds. The van der Waals surface area contributed by atoms with Gasteiger partial charge in [0, 0.05) is 22.3 Å². The molecule has 14 heteroatoms. The van der Waals surface area contributed by atoms with Gasteiger partial charge in [0.15, 0.2) is 11.6 Å². The molecule has 0 aliphatic carbocycles. The van der Waals surface area contributed by atoms with Gasteiger partial charge in [-0.25, -0.2) is 4.57 Å². The van der Waals surface area contributed by atoms with E-state index in [1.807, 2.05) is 0 Å². The molecule has 6 nitrogen and oxygen atoms in total. The molecule has 0 N–H and O–H groups in total. The van der Waals surface area contributed by atoms with Crippen molar-refractivity contribution in [3.63, 3.8) is 0 Å². The first-order chi connectivity index (χ1) is 19.1. The predicted octanol–water partition coefficient (Wildman–Crippen LogP) is 4.12. The summed E-state index contributed by atoms with van der Waals surface area (Å²) < 4.78 is 98.4. The maximum atomic E-state index is 12.7. The number of benzene rings is 4. The van der Waals surface area contributed by atoms with E-state index < -0.39 is 42.9 Å². The van der Waals surface area contributed by atoms with Crippen molar-refractivity contribution in [3.05, 3.63) is 130 Å². The number of rotatable bonds is 8. The Morgan fingerprint density at radius 1 is 0.524 bits per heavy atom. The van der Waals surface area contributed by atoms with Crippen LogP contribution in [0, 0.1) is 0 Å². The molecule has 0 radical (unpaired) electrons. The molecule has 0 spiro atoms. The summed E-state index contributed by atoms with van der Waals surface area (Å²) in [5.41, 5.74) is -1.72. The minimum atomic E-state index is -5.01. The van der Waals surface area contributed by atoms with Crippen molar-refractivity contribution in [2.45, 2.75) is 12.4 Å². The van der Waals surface area contributed by atoms with Gasteiger partial charge in [-0.05, 0) is 72.8 Å². The van der Waals surface area contributed by atoms with E-state index in [0.717, 1.165) is 72.8 Å². The normalized spacial score (nSPS) is 11.8. The van der Waals surface area contributed by atoms with E-state index in [1.54, 1.807) is 0 Å². The molecule has 4 rings (SSSR count). The van der Waals surface area contributed by atoms with Crippen LogP contribution in [0.2, 0.25) is 0 Å². The maximum Gasteiger partial charge on any atom is 1.00 e. The summed E-state index contributed by atoms with van der Waals surface area (Å²) in [5, 5.41) is 0. The number of phosphoric ester groups is 1. The summed E-state index contributed by atoms with van der Waals surface area (Å²) >= 11 is 0. The molecule has 0 saturated heterocycles. The number of carbonyl (C=O) groups is 2. The van der Waals surface area contributed by atoms with Gasteiger partial charge >= 0.3 is 49.7 Å². The van der Waals surface area contributed by atoms with Gasteiger partial charge in [0.2, 0.25) is 0 Å². The number of ketones is 2. The second kappa shape index (κ2) is 12.8. The SMILES string of the molecule is O=C(c1ccc(OP(=O)([O-])Oc2ccc(C(=O)c3ccc(C(F)(F)F)cc3)cc2)cc1)c1ccc(C(F)(F)F)cc1.[Na+]. The summed E-state index contributed by atoms with van der Waals surface area (Å²) in [7, 11) is -5.01. The Morgan fingerprint density at radius 2 is 0.762 bits per heavy atom. The molecule has 0 aliphatic rings. The molecule has 0 heterocycles. The van der Waals surface area contributed by atoms with Crippen molar-refractivity contribution in [1.82, 2.24) is 0 Å². The molecule has 0 saturated carbocycles. The summed E-state index contributed by atoms with van der Waals surface area (Å²) in [6.45, 7) is 0. The average molecular weight is 616 g/mol. The molecule has 0 bridgehead atoms. The molecular formula is C28H16F6NaO6P. The van der Waals surface area contributed by atoms with E-state index in [9.17, 15) is 45.4 Å². The first-order valence-corrected chi connectivity index (χ1v) is 12.9. The third-order valence-corrected chi connectivity index (χ3v) is 6.49. The van der Waals surface area contributed by atoms with E-state index >= 15 is 0 Å². The van der Waals surface area contributed by atoms with E-state index in [1.165, 1.54) is 24.3 Å². The second-order valence-corrected chi connectivity index (χ2v) is 9.75. The van der Waals surface area contributed by atoms with Gasteiger partial charge in [-0.2, -0.15) is 26.3 Å². The summed E-state index contributed by atoms with van der Waals surface area (Å²) in [5.74, 6) is -1.64. The van der Waals surface area contributed by atoms with Crippen molar-refractivity contribution in [1.29, 1.82) is 0 Å². The quantitative estimate of drug-likeness (QED) is 0.128. The first kappa shape index (κ1) is 33.1. The fourth-order valence-electron chi connectivity index (χ4n) is 3.57. The van der Waals surface area contributed by atoms with Gasteiger partial charge in [0.1, 0.15) is 11.5 Å². The Morgan fingerprint density at radius 3 is 1.00 bits per heavy atom. The first-order valence-electron chi connectivity index (χ1n) is 11.5. The molecule has 42 heavy (non-hydrogen) atoms. The van der Waals surface area contributed by atoms with Crippen molar-refractivity contribution in [2.75, 3.05) is 0 Å². The Bertz CT molecular complexity index is 1480. The van der Waals surface area contributed by atoms with Crippen LogP contribution >= 0.6 is 7.82 Å². The number of halogens is 6. The third kappa shape index (κ3) is 8.33. The summed E-state index contributed by atoms with van der Waals surface area (Å²) in [6, 6.07) is 16.7. The second-order valence-electron chi connectivity index (χ2n) is 8.49. The Labute approximate surface area is 256 Å². The minimum absolute atomic E-state index is 0. The largest absolute Gasteiger partial charge is 1.00 e. The topological polar surface area (TPSA) is 92.7 Å². The fraction of sp³-hybridized carbons (Fsp3) is 0.0714. The van der Waals surface area contributed by atoms with Gasteiger partial charge in [-0.1, -0.05) is 24.3 Å². The minimum Gasteiger partial charge on any atom is -0.736 e. The Hall–Kier alpha value is -3.41. The molecule has 0 aliphatic heterocycles. The van der Waals surface area contributed by atoms with Crippen molar-refractivity contribution in [3.8, 4) is 11.5 Å². The predicted molar refractivity (Wildman–Crippen MR) is 131 cm³/mol. The monoisotopic (exact) mass is 616 g/mol. The zero-order valence-electron chi connectivity index (χ0n) is 21.4. The Balaban J connectivity index is 0.00000484. The zero-order chi connectivity index (χ0) is 30.0. The van der Waals surface area contributed by atoms with Crippen LogP contribution in [0.4, 0.5) is 26.3 Å². The van der Waals surface area contributed by atoms with Crippen LogP contribution in [0.25, 0.3) is 0 Å². The molecule has 4 aromatic carbocycles. The van der Waals surface area contributed by atoms with Crippen LogP contribution in [0.3, 0.4) is 0 Å². The van der Waals surface area contributed by atoms with Crippen molar-refractivity contribution < 1.29 is 84.0 Å². The van der Waals surface area contributed by atoms with E-state index in [0.29, 0.717) is 0 Å². The molecule has 0 atom stereocenters. The number of hydrogen-bond acceptors (Lipinski definition) is 6. The Kier molecular flexibility index (Phi) is 10.1. The number of carbonyl (C=O) groups excluding carboxylic acids is 2. The van der Waals surface area contributed by atoms with Gasteiger partial charge in [-0.3, -0.25) is 9.59 Å². The maximum absolute atomic E-state index is 12.7. The molecule has 0 fully saturated rings. The number of phosphoric acid groups is 1. The van der Waals surface area contributed by atoms with Gasteiger partial charge in [0.05, 0.1) is 11.1 Å². The smallest absolute Gasteiger partial charge is 0.736 e. The van der Waals surface area contributed by atoms with Gasteiger partial charge in [-0.15, -0.1) is 0 Å². The molecule has 212 valence electrons. The molecular weight excluding hydrogens is 600 g/mol. The fourth-order valence-corrected chi connectivity index (χ4v) is 4.36. The van der Waals surface area contributed by atoms with Gasteiger partial charge < -0.3 is 13.9 Å². The van der Waals surface area contributed by atoms with E-state index in [4.69, 9.17) is 9.05 Å². The number of alkyl halides is 6. The molecule has 4 aromatic rings. The van der Waals surface area contributed by atoms with Crippen LogP contribution in [-0.2, 0) is 16.9 Å². The van der Waals surface area contributed by atoms with E-state index in [-0.39, 0.29) is 63.3 Å². The van der Waals surface area contributed by atoms with Crippen LogP contribution in [0.5, 0.6) is 11.5 Å². The van der Waals surface area contributed by atoms with Gasteiger partial charge in [0.25, 0.3) is 0 Å². The standard InChI is InChI=1S/C28H17F6O6P.Na/c29-27(30,31)21-9-1-17(2-10-21)25(35)19-5-13-23(14-6-19)39-41(37,38)40-24-15-7-20(8-16-24)26(36)18-3-11-22(12-4-18)28(32,33)34;/h1-16H,(H,37,38);/q;+1/p-1. The van der Waals surface area contributed by atoms with Crippen LogP contribution in [0.1, 0.15) is 43.0 Å². The summed E-state index contributed by atoms with van der Waals surface area (Å²) in [6.07, 6.45) is -9.10. The van der Waals surface area contributed by atoms with Crippen molar-refractivity contribution >= 4 is 19.4 Å². The summed E-state index contributed by atoms with van der Waals surface area (Å²) in [4.78, 5) is 37.4. The van der Waals surface area contributed by atoms with Crippen LogP contribution in [-0.4, -0.2) is 11.6 Å². The van der Waals surface area contributed by atoms with Crippen molar-refractivity contribution in [2.24, 2.45) is 0 Å². The molecule has 0 aromatic heterocycles. The number of hydrogen-bond donors (Lipinski definition) is 0. The third-order valence-electron chi connectivity index (χ3n) is 5.62.